The molecule has 4 N–H and O–H groups in total. The summed E-state index contributed by atoms with van der Waals surface area (Å²) in [5, 5.41) is 27.7. The highest BCUT2D eigenvalue weighted by molar-refractivity contribution is 6.31. The average molecular weight is 451 g/mol. The Morgan fingerprint density at radius 1 is 0.800 bits per heavy atom. The van der Waals surface area contributed by atoms with Crippen LogP contribution < -0.4 is 10.9 Å². The second-order valence-corrected chi connectivity index (χ2v) is 7.07. The van der Waals surface area contributed by atoms with Gasteiger partial charge < -0.3 is 10.2 Å². The zero-order valence-corrected chi connectivity index (χ0v) is 17.3. The first-order valence-corrected chi connectivity index (χ1v) is 9.71. The van der Waals surface area contributed by atoms with Crippen LogP contribution in [0.1, 0.15) is 36.8 Å². The quantitative estimate of drug-likeness (QED) is 0.264. The molecule has 30 heavy (non-hydrogen) atoms. The fourth-order valence-corrected chi connectivity index (χ4v) is 2.65. The molecule has 2 aromatic carbocycles. The molecule has 0 aromatic heterocycles. The lowest BCUT2D eigenvalue weighted by Crippen LogP contribution is -2.19. The van der Waals surface area contributed by atoms with Gasteiger partial charge in [0.05, 0.1) is 12.4 Å². The van der Waals surface area contributed by atoms with Gasteiger partial charge >= 0.3 is 0 Å². The Morgan fingerprint density at radius 3 is 1.60 bits per heavy atom. The Morgan fingerprint density at radius 2 is 1.20 bits per heavy atom. The third-order valence-corrected chi connectivity index (χ3v) is 4.29. The van der Waals surface area contributed by atoms with Gasteiger partial charge in [0.1, 0.15) is 11.5 Å². The molecule has 8 nitrogen and oxygen atoms in total. The zero-order chi connectivity index (χ0) is 21.9. The van der Waals surface area contributed by atoms with E-state index >= 15 is 0 Å². The van der Waals surface area contributed by atoms with Crippen molar-refractivity contribution in [2.45, 2.75) is 25.7 Å². The van der Waals surface area contributed by atoms with Crippen LogP contribution in [0, 0.1) is 0 Å². The Labute approximate surface area is 183 Å². The number of unbranched alkanes of at least 4 members (excludes halogenated alkanes) is 1. The number of hydrogen-bond acceptors (Lipinski definition) is 6. The lowest BCUT2D eigenvalue weighted by Gasteiger charge is -2.02. The van der Waals surface area contributed by atoms with Crippen molar-refractivity contribution in [3.63, 3.8) is 0 Å². The average Bonchev–Trinajstić information content (AvgIpc) is 2.70. The molecule has 0 aliphatic carbocycles. The maximum atomic E-state index is 11.7. The van der Waals surface area contributed by atoms with Crippen LogP contribution in [-0.2, 0) is 9.59 Å². The van der Waals surface area contributed by atoms with Gasteiger partial charge in [-0.1, -0.05) is 23.2 Å². The van der Waals surface area contributed by atoms with Crippen LogP contribution in [0.15, 0.2) is 46.6 Å². The van der Waals surface area contributed by atoms with Crippen molar-refractivity contribution in [3.8, 4) is 11.5 Å². The Kier molecular flexibility index (Phi) is 9.11. The van der Waals surface area contributed by atoms with Gasteiger partial charge in [-0.05, 0) is 49.2 Å². The smallest absolute Gasteiger partial charge is 0.240 e. The number of aromatic hydroxyl groups is 2. The highest BCUT2D eigenvalue weighted by Gasteiger charge is 2.04. The topological polar surface area (TPSA) is 123 Å². The van der Waals surface area contributed by atoms with Crippen molar-refractivity contribution in [2.24, 2.45) is 10.2 Å². The minimum atomic E-state index is -0.317. The number of carbonyl (C=O) groups excluding carboxylic acids is 2. The van der Waals surface area contributed by atoms with Gasteiger partial charge in [-0.2, -0.15) is 10.2 Å². The van der Waals surface area contributed by atoms with E-state index < -0.39 is 0 Å². The first-order valence-electron chi connectivity index (χ1n) is 8.96. The molecule has 0 heterocycles. The predicted octanol–water partition coefficient (Wildman–Crippen LogP) is 3.57. The normalized spacial score (nSPS) is 11.1. The number of phenolic OH excluding ortho intramolecular Hbond substituents is 2. The molecule has 2 rings (SSSR count). The maximum absolute atomic E-state index is 11.7. The van der Waals surface area contributed by atoms with Gasteiger partial charge in [0.15, 0.2) is 0 Å². The van der Waals surface area contributed by atoms with E-state index in [1.165, 1.54) is 48.8 Å². The molecule has 0 atom stereocenters. The molecular formula is C20H20Cl2N4O4. The molecule has 2 amide bonds. The Balaban J connectivity index is 1.64. The van der Waals surface area contributed by atoms with Gasteiger partial charge in [0.2, 0.25) is 11.8 Å². The molecule has 0 fully saturated rings. The fraction of sp³-hybridized carbons (Fsp3) is 0.200. The van der Waals surface area contributed by atoms with E-state index in [1.54, 1.807) is 0 Å². The summed E-state index contributed by atoms with van der Waals surface area (Å²) in [7, 11) is 0. The summed E-state index contributed by atoms with van der Waals surface area (Å²) in [6.07, 6.45) is 3.92. The molecule has 0 aliphatic heterocycles. The van der Waals surface area contributed by atoms with Crippen LogP contribution >= 0.6 is 23.2 Å². The van der Waals surface area contributed by atoms with E-state index in [2.05, 4.69) is 21.1 Å². The monoisotopic (exact) mass is 450 g/mol. The van der Waals surface area contributed by atoms with E-state index in [1.807, 2.05) is 0 Å². The number of carbonyl (C=O) groups is 2. The molecular weight excluding hydrogens is 431 g/mol. The van der Waals surface area contributed by atoms with Crippen LogP contribution in [0.2, 0.25) is 10.0 Å². The Hall–Kier alpha value is -3.10. The highest BCUT2D eigenvalue weighted by atomic mass is 35.5. The molecule has 0 unspecified atom stereocenters. The van der Waals surface area contributed by atoms with Crippen molar-refractivity contribution in [1.82, 2.24) is 10.9 Å². The van der Waals surface area contributed by atoms with E-state index in [4.69, 9.17) is 23.2 Å². The number of hydrogen-bond donors (Lipinski definition) is 4. The van der Waals surface area contributed by atoms with E-state index in [0.29, 0.717) is 34.0 Å². The summed E-state index contributed by atoms with van der Waals surface area (Å²) in [5.41, 5.74) is 5.45. The number of phenols is 2. The molecule has 10 heteroatoms. The Bertz CT molecular complexity index is 886. The number of benzene rings is 2. The number of halogens is 2. The first-order chi connectivity index (χ1) is 14.3. The molecule has 0 saturated heterocycles. The summed E-state index contributed by atoms with van der Waals surface area (Å²) in [4.78, 5) is 23.5. The van der Waals surface area contributed by atoms with Crippen LogP contribution in [0.3, 0.4) is 0 Å². The molecule has 0 radical (unpaired) electrons. The van der Waals surface area contributed by atoms with Gasteiger partial charge in [-0.25, -0.2) is 10.9 Å². The van der Waals surface area contributed by atoms with Gasteiger partial charge in [0.25, 0.3) is 0 Å². The maximum Gasteiger partial charge on any atom is 0.240 e. The lowest BCUT2D eigenvalue weighted by molar-refractivity contribution is -0.123. The second-order valence-electron chi connectivity index (χ2n) is 6.20. The molecule has 2 aromatic rings. The van der Waals surface area contributed by atoms with Crippen molar-refractivity contribution >= 4 is 47.4 Å². The number of rotatable bonds is 9. The third-order valence-electron chi connectivity index (χ3n) is 3.82. The SMILES string of the molecule is O=C(CCCCC(=O)N/N=C\c1cc(Cl)ccc1O)N/N=C\c1cc(Cl)ccc1O. The molecule has 0 bridgehead atoms. The third kappa shape index (κ3) is 8.10. The number of hydrazone groups is 2. The summed E-state index contributed by atoms with van der Waals surface area (Å²) >= 11 is 11.7. The standard InChI is InChI=1S/C20H20Cl2N4O4/c21-15-5-7-17(27)13(9-15)11-23-25-19(29)3-1-2-4-20(30)26-24-12-14-10-16(22)6-8-18(14)28/h5-12,27-28H,1-4H2,(H,25,29)(H,26,30)/b23-11-,24-12-. The number of amides is 2. The summed E-state index contributed by atoms with van der Waals surface area (Å²) in [6, 6.07) is 8.96. The van der Waals surface area contributed by atoms with Gasteiger partial charge in [-0.15, -0.1) is 0 Å². The summed E-state index contributed by atoms with van der Waals surface area (Å²) in [5.74, 6) is -0.640. The van der Waals surface area contributed by atoms with Gasteiger partial charge in [0, 0.05) is 34.0 Å². The molecule has 0 spiro atoms. The molecule has 0 saturated carbocycles. The fourth-order valence-electron chi connectivity index (χ4n) is 2.29. The van der Waals surface area contributed by atoms with Crippen LogP contribution in [-0.4, -0.2) is 34.5 Å². The summed E-state index contributed by atoms with van der Waals surface area (Å²) in [6.45, 7) is 0. The van der Waals surface area contributed by atoms with E-state index in [-0.39, 0.29) is 36.2 Å². The van der Waals surface area contributed by atoms with Crippen molar-refractivity contribution in [1.29, 1.82) is 0 Å². The number of nitrogens with one attached hydrogen (secondary N) is 2. The minimum absolute atomic E-state index is 0.00311. The minimum Gasteiger partial charge on any atom is -0.507 e. The lowest BCUT2D eigenvalue weighted by atomic mass is 10.2. The highest BCUT2D eigenvalue weighted by Crippen LogP contribution is 2.20. The van der Waals surface area contributed by atoms with Crippen LogP contribution in [0.25, 0.3) is 0 Å². The van der Waals surface area contributed by atoms with Crippen LogP contribution in [0.5, 0.6) is 11.5 Å². The van der Waals surface area contributed by atoms with Crippen molar-refractivity contribution < 1.29 is 19.8 Å². The summed E-state index contributed by atoms with van der Waals surface area (Å²) < 4.78 is 0. The number of nitrogens with zero attached hydrogens (tertiary/aromatic N) is 2. The molecule has 0 aliphatic rings. The van der Waals surface area contributed by atoms with E-state index in [9.17, 15) is 19.8 Å². The first kappa shape index (κ1) is 23.2. The second kappa shape index (κ2) is 11.8. The largest absolute Gasteiger partial charge is 0.507 e. The zero-order valence-electron chi connectivity index (χ0n) is 15.8. The van der Waals surface area contributed by atoms with Crippen LogP contribution in [0.4, 0.5) is 0 Å². The molecule has 158 valence electrons. The van der Waals surface area contributed by atoms with E-state index in [0.717, 1.165) is 0 Å². The van der Waals surface area contributed by atoms with Crippen molar-refractivity contribution in [2.75, 3.05) is 0 Å². The van der Waals surface area contributed by atoms with Crippen molar-refractivity contribution in [3.05, 3.63) is 57.6 Å². The van der Waals surface area contributed by atoms with Gasteiger partial charge in [-0.3, -0.25) is 9.59 Å². The predicted molar refractivity (Wildman–Crippen MR) is 116 cm³/mol.